The zero-order valence-electron chi connectivity index (χ0n) is 15.9. The van der Waals surface area contributed by atoms with Crippen molar-refractivity contribution in [1.29, 1.82) is 0 Å². The smallest absolute Gasteiger partial charge is 0.267 e. The first-order valence-corrected chi connectivity index (χ1v) is 9.88. The number of nitrogens with zero attached hydrogens (tertiary/aromatic N) is 4. The normalized spacial score (nSPS) is 17.0. The molecule has 0 spiro atoms. The Labute approximate surface area is 167 Å². The minimum absolute atomic E-state index is 0.0890. The first-order valence-electron chi connectivity index (χ1n) is 9.88. The standard InChI is InChI=1S/C23H20N4O2/c28-20-12-5-4-10-18(20)27-21(29)14-13-17(24-27)22-19-11-6-7-15-26(19)25-23(22)16-8-2-1-3-9-16/h1-3,6-9,11,13-15,18H,4-5,10,12H2. The number of rotatable bonds is 3. The van der Waals surface area contributed by atoms with Crippen LogP contribution in [-0.2, 0) is 4.79 Å². The van der Waals surface area contributed by atoms with Crippen LogP contribution in [-0.4, -0.2) is 25.2 Å². The van der Waals surface area contributed by atoms with Gasteiger partial charge in [0.2, 0.25) is 0 Å². The van der Waals surface area contributed by atoms with E-state index in [1.54, 1.807) is 6.07 Å². The molecule has 0 N–H and O–H groups in total. The topological polar surface area (TPSA) is 69.3 Å². The first kappa shape index (κ1) is 17.6. The van der Waals surface area contributed by atoms with Gasteiger partial charge in [-0.1, -0.05) is 42.8 Å². The largest absolute Gasteiger partial charge is 0.297 e. The van der Waals surface area contributed by atoms with Gasteiger partial charge in [0.05, 0.1) is 16.8 Å². The summed E-state index contributed by atoms with van der Waals surface area (Å²) in [5.74, 6) is 0.0890. The molecule has 5 rings (SSSR count). The number of pyridine rings is 1. The van der Waals surface area contributed by atoms with Crippen molar-refractivity contribution in [3.05, 3.63) is 77.2 Å². The van der Waals surface area contributed by atoms with Crippen molar-refractivity contribution >= 4 is 11.3 Å². The van der Waals surface area contributed by atoms with Crippen molar-refractivity contribution in [3.63, 3.8) is 0 Å². The van der Waals surface area contributed by atoms with Crippen LogP contribution in [0, 0.1) is 0 Å². The monoisotopic (exact) mass is 384 g/mol. The summed E-state index contributed by atoms with van der Waals surface area (Å²) in [6.45, 7) is 0. The molecule has 3 aromatic heterocycles. The van der Waals surface area contributed by atoms with Crippen LogP contribution >= 0.6 is 0 Å². The van der Waals surface area contributed by atoms with E-state index in [2.05, 4.69) is 5.10 Å². The Morgan fingerprint density at radius 1 is 0.862 bits per heavy atom. The molecule has 1 unspecified atom stereocenters. The molecule has 1 aliphatic rings. The quantitative estimate of drug-likeness (QED) is 0.537. The van der Waals surface area contributed by atoms with Crippen LogP contribution in [0.1, 0.15) is 31.7 Å². The summed E-state index contributed by atoms with van der Waals surface area (Å²) in [4.78, 5) is 25.0. The minimum atomic E-state index is -0.474. The van der Waals surface area contributed by atoms with Gasteiger partial charge in [-0.3, -0.25) is 9.59 Å². The third-order valence-corrected chi connectivity index (χ3v) is 5.49. The summed E-state index contributed by atoms with van der Waals surface area (Å²) in [5, 5.41) is 9.42. The number of fused-ring (bicyclic) bond motifs is 1. The highest BCUT2D eigenvalue weighted by molar-refractivity contribution is 5.90. The Hall–Kier alpha value is -3.54. The van der Waals surface area contributed by atoms with Gasteiger partial charge in [0.15, 0.2) is 5.78 Å². The number of carbonyl (C=O) groups is 1. The van der Waals surface area contributed by atoms with Crippen LogP contribution in [0.2, 0.25) is 0 Å². The maximum absolute atomic E-state index is 12.5. The van der Waals surface area contributed by atoms with Crippen LogP contribution in [0.15, 0.2) is 71.7 Å². The van der Waals surface area contributed by atoms with E-state index in [9.17, 15) is 9.59 Å². The van der Waals surface area contributed by atoms with Crippen molar-refractivity contribution in [1.82, 2.24) is 19.4 Å². The van der Waals surface area contributed by atoms with Crippen LogP contribution in [0.4, 0.5) is 0 Å². The van der Waals surface area contributed by atoms with E-state index in [0.29, 0.717) is 18.5 Å². The Morgan fingerprint density at radius 2 is 1.69 bits per heavy atom. The van der Waals surface area contributed by atoms with Crippen molar-refractivity contribution < 1.29 is 4.79 Å². The van der Waals surface area contributed by atoms with E-state index in [4.69, 9.17) is 5.10 Å². The van der Waals surface area contributed by atoms with Crippen LogP contribution in [0.5, 0.6) is 0 Å². The van der Waals surface area contributed by atoms with Gasteiger partial charge in [-0.05, 0) is 31.0 Å². The van der Waals surface area contributed by atoms with E-state index >= 15 is 0 Å². The summed E-state index contributed by atoms with van der Waals surface area (Å²) in [7, 11) is 0. The van der Waals surface area contributed by atoms with Crippen LogP contribution in [0.25, 0.3) is 28.0 Å². The lowest BCUT2D eigenvalue weighted by Gasteiger charge is -2.21. The Kier molecular flexibility index (Phi) is 4.31. The van der Waals surface area contributed by atoms with Crippen molar-refractivity contribution in [2.45, 2.75) is 31.7 Å². The lowest BCUT2D eigenvalue weighted by atomic mass is 9.94. The fourth-order valence-corrected chi connectivity index (χ4v) is 4.05. The summed E-state index contributed by atoms with van der Waals surface area (Å²) in [6, 6.07) is 18.5. The zero-order chi connectivity index (χ0) is 19.8. The molecule has 0 bridgehead atoms. The molecule has 1 atom stereocenters. The second-order valence-electron chi connectivity index (χ2n) is 7.35. The number of hydrogen-bond acceptors (Lipinski definition) is 4. The number of carbonyl (C=O) groups excluding carboxylic acids is 1. The lowest BCUT2D eigenvalue weighted by Crippen LogP contribution is -2.33. The highest BCUT2D eigenvalue weighted by Crippen LogP contribution is 2.34. The molecule has 4 aromatic rings. The SMILES string of the molecule is O=C1CCCCC1n1nc(-c2c(-c3ccccc3)nn3ccccc23)ccc1=O. The number of ketones is 1. The molecule has 1 aromatic carbocycles. The molecule has 29 heavy (non-hydrogen) atoms. The maximum atomic E-state index is 12.5. The summed E-state index contributed by atoms with van der Waals surface area (Å²) in [5.41, 5.74) is 3.92. The van der Waals surface area contributed by atoms with Crippen LogP contribution in [0.3, 0.4) is 0 Å². The highest BCUT2D eigenvalue weighted by Gasteiger charge is 2.26. The third-order valence-electron chi connectivity index (χ3n) is 5.49. The Morgan fingerprint density at radius 3 is 2.52 bits per heavy atom. The summed E-state index contributed by atoms with van der Waals surface area (Å²) >= 11 is 0. The maximum Gasteiger partial charge on any atom is 0.267 e. The molecule has 0 radical (unpaired) electrons. The van der Waals surface area contributed by atoms with Crippen molar-refractivity contribution in [2.24, 2.45) is 0 Å². The van der Waals surface area contributed by atoms with Gasteiger partial charge < -0.3 is 0 Å². The van der Waals surface area contributed by atoms with E-state index in [1.165, 1.54) is 10.7 Å². The second-order valence-corrected chi connectivity index (χ2v) is 7.35. The van der Waals surface area contributed by atoms with Crippen molar-refractivity contribution in [2.75, 3.05) is 0 Å². The van der Waals surface area contributed by atoms with Crippen LogP contribution < -0.4 is 5.56 Å². The van der Waals surface area contributed by atoms with E-state index < -0.39 is 6.04 Å². The highest BCUT2D eigenvalue weighted by atomic mass is 16.1. The summed E-state index contributed by atoms with van der Waals surface area (Å²) in [6.07, 6.45) is 4.88. The van der Waals surface area contributed by atoms with Gasteiger partial charge in [-0.25, -0.2) is 9.20 Å². The average Bonchev–Trinajstić information content (AvgIpc) is 3.15. The fraction of sp³-hybridized carbons (Fsp3) is 0.217. The van der Waals surface area contributed by atoms with Gasteiger partial charge >= 0.3 is 0 Å². The van der Waals surface area contributed by atoms with Gasteiger partial charge in [-0.2, -0.15) is 10.2 Å². The molecule has 6 nitrogen and oxygen atoms in total. The molecule has 1 saturated carbocycles. The molecule has 6 heteroatoms. The van der Waals surface area contributed by atoms with Gasteiger partial charge in [-0.15, -0.1) is 0 Å². The molecule has 1 aliphatic carbocycles. The van der Waals surface area contributed by atoms with E-state index in [-0.39, 0.29) is 11.3 Å². The fourth-order valence-electron chi connectivity index (χ4n) is 4.05. The second kappa shape index (κ2) is 7.13. The lowest BCUT2D eigenvalue weighted by molar-refractivity contribution is -0.124. The van der Waals surface area contributed by atoms with E-state index in [0.717, 1.165) is 35.2 Å². The summed E-state index contributed by atoms with van der Waals surface area (Å²) < 4.78 is 3.19. The molecule has 1 fully saturated rings. The predicted molar refractivity (Wildman–Crippen MR) is 111 cm³/mol. The average molecular weight is 384 g/mol. The van der Waals surface area contributed by atoms with Gasteiger partial charge in [0.1, 0.15) is 11.7 Å². The van der Waals surface area contributed by atoms with Gasteiger partial charge in [0.25, 0.3) is 5.56 Å². The Balaban J connectivity index is 1.73. The van der Waals surface area contributed by atoms with Crippen molar-refractivity contribution in [3.8, 4) is 22.5 Å². The number of aromatic nitrogens is 4. The minimum Gasteiger partial charge on any atom is -0.297 e. The first-order chi connectivity index (χ1) is 14.2. The third kappa shape index (κ3) is 3.06. The number of benzene rings is 1. The van der Waals surface area contributed by atoms with Gasteiger partial charge in [0, 0.05) is 24.2 Å². The Bertz CT molecular complexity index is 1260. The molecule has 144 valence electrons. The number of hydrogen-bond donors (Lipinski definition) is 0. The molecule has 0 amide bonds. The predicted octanol–water partition coefficient (Wildman–Crippen LogP) is 3.91. The molecular weight excluding hydrogens is 364 g/mol. The molecule has 3 heterocycles. The number of Topliss-reactive ketones (excluding diaryl/α,β-unsaturated/α-hetero) is 1. The molecule has 0 saturated heterocycles. The zero-order valence-corrected chi connectivity index (χ0v) is 15.9. The molecular formula is C23H20N4O2. The van der Waals surface area contributed by atoms with E-state index in [1.807, 2.05) is 59.2 Å². The molecule has 0 aliphatic heterocycles.